The second-order valence-electron chi connectivity index (χ2n) is 6.21. The lowest BCUT2D eigenvalue weighted by Crippen LogP contribution is -2.55. The van der Waals surface area contributed by atoms with Crippen molar-refractivity contribution in [2.24, 2.45) is 0 Å². The van der Waals surface area contributed by atoms with Gasteiger partial charge in [-0.05, 0) is 44.6 Å². The van der Waals surface area contributed by atoms with Gasteiger partial charge in [-0.3, -0.25) is 0 Å². The minimum Gasteiger partial charge on any atom is -0.390 e. The third-order valence-electron chi connectivity index (χ3n) is 4.91. The van der Waals surface area contributed by atoms with Crippen LogP contribution in [0.5, 0.6) is 0 Å². The van der Waals surface area contributed by atoms with Crippen molar-refractivity contribution < 1.29 is 9.84 Å². The molecule has 116 valence electrons. The second kappa shape index (κ2) is 5.89. The first-order valence-electron chi connectivity index (χ1n) is 8.04. The average Bonchev–Trinajstić information content (AvgIpc) is 2.52. The van der Waals surface area contributed by atoms with Gasteiger partial charge in [-0.1, -0.05) is 6.92 Å². The Morgan fingerprint density at radius 1 is 1.43 bits per heavy atom. The molecule has 0 radical (unpaired) electrons. The minimum absolute atomic E-state index is 0.321. The summed E-state index contributed by atoms with van der Waals surface area (Å²) in [5, 5.41) is 10.3. The number of nitrogens with zero attached hydrogens (tertiary/aromatic N) is 3. The second-order valence-corrected chi connectivity index (χ2v) is 6.21. The summed E-state index contributed by atoms with van der Waals surface area (Å²) in [6.45, 7) is 6.65. The van der Waals surface area contributed by atoms with Crippen molar-refractivity contribution in [1.29, 1.82) is 0 Å². The molecular weight excluding hydrogens is 266 g/mol. The topological polar surface area (TPSA) is 58.5 Å². The van der Waals surface area contributed by atoms with Gasteiger partial charge in [-0.15, -0.1) is 0 Å². The largest absolute Gasteiger partial charge is 0.390 e. The lowest BCUT2D eigenvalue weighted by atomic mass is 9.82. The minimum atomic E-state index is -0.326. The number of aryl methyl sites for hydroxylation is 2. The molecule has 0 aromatic carbocycles. The van der Waals surface area contributed by atoms with E-state index < -0.39 is 0 Å². The molecular formula is C16H25N3O2. The van der Waals surface area contributed by atoms with Gasteiger partial charge < -0.3 is 14.7 Å². The number of rotatable bonds is 2. The molecule has 5 heteroatoms. The van der Waals surface area contributed by atoms with E-state index in [1.807, 2.05) is 6.20 Å². The molecule has 2 aliphatic heterocycles. The van der Waals surface area contributed by atoms with E-state index in [0.717, 1.165) is 69.0 Å². The summed E-state index contributed by atoms with van der Waals surface area (Å²) in [6.07, 6.45) is 6.06. The summed E-state index contributed by atoms with van der Waals surface area (Å²) in [5.74, 6) is 0.817. The normalized spacial score (nSPS) is 25.3. The smallest absolute Gasteiger partial charge is 0.225 e. The van der Waals surface area contributed by atoms with Crippen molar-refractivity contribution in [3.63, 3.8) is 0 Å². The van der Waals surface area contributed by atoms with Crippen LogP contribution in [-0.2, 0) is 11.2 Å². The van der Waals surface area contributed by atoms with Gasteiger partial charge in [0.05, 0.1) is 11.7 Å². The zero-order chi connectivity index (χ0) is 14.9. The molecule has 0 saturated carbocycles. The summed E-state index contributed by atoms with van der Waals surface area (Å²) in [5.41, 5.74) is 1.95. The lowest BCUT2D eigenvalue weighted by Gasteiger charge is -2.46. The van der Waals surface area contributed by atoms with E-state index in [1.54, 1.807) is 0 Å². The first-order valence-corrected chi connectivity index (χ1v) is 8.04. The SMILES string of the molecule is CCc1nc(N2CCC3(CC2)OCCC[C@@H]3O)ncc1C. The molecule has 2 aliphatic rings. The van der Waals surface area contributed by atoms with E-state index in [9.17, 15) is 5.11 Å². The van der Waals surface area contributed by atoms with Crippen LogP contribution in [0.15, 0.2) is 6.20 Å². The Morgan fingerprint density at radius 2 is 2.19 bits per heavy atom. The standard InChI is InChI=1S/C16H25N3O2/c1-3-13-12(2)11-17-15(18-13)19-8-6-16(7-9-19)14(20)5-4-10-21-16/h11,14,20H,3-10H2,1-2H3/t14-/m0/s1. The van der Waals surface area contributed by atoms with Crippen LogP contribution in [0.2, 0.25) is 0 Å². The number of ether oxygens (including phenoxy) is 1. The molecule has 1 aromatic heterocycles. The average molecular weight is 291 g/mol. The summed E-state index contributed by atoms with van der Waals surface area (Å²) < 4.78 is 5.95. The van der Waals surface area contributed by atoms with E-state index >= 15 is 0 Å². The molecule has 0 unspecified atom stereocenters. The maximum Gasteiger partial charge on any atom is 0.225 e. The molecule has 1 aromatic rings. The van der Waals surface area contributed by atoms with Crippen LogP contribution < -0.4 is 4.90 Å². The van der Waals surface area contributed by atoms with E-state index in [4.69, 9.17) is 4.74 Å². The molecule has 21 heavy (non-hydrogen) atoms. The molecule has 0 bridgehead atoms. The highest BCUT2D eigenvalue weighted by Crippen LogP contribution is 2.35. The Kier molecular flexibility index (Phi) is 4.13. The summed E-state index contributed by atoms with van der Waals surface area (Å²) in [6, 6.07) is 0. The Labute approximate surface area is 126 Å². The fourth-order valence-corrected chi connectivity index (χ4v) is 3.45. The molecule has 1 atom stereocenters. The number of anilines is 1. The van der Waals surface area contributed by atoms with Crippen LogP contribution in [0.4, 0.5) is 5.95 Å². The molecule has 5 nitrogen and oxygen atoms in total. The van der Waals surface area contributed by atoms with Crippen LogP contribution in [0.25, 0.3) is 0 Å². The number of aliphatic hydroxyl groups is 1. The predicted molar refractivity (Wildman–Crippen MR) is 81.5 cm³/mol. The summed E-state index contributed by atoms with van der Waals surface area (Å²) >= 11 is 0. The Morgan fingerprint density at radius 3 is 2.86 bits per heavy atom. The highest BCUT2D eigenvalue weighted by molar-refractivity contribution is 5.34. The maximum absolute atomic E-state index is 10.3. The zero-order valence-electron chi connectivity index (χ0n) is 13.0. The fraction of sp³-hybridized carbons (Fsp3) is 0.750. The highest BCUT2D eigenvalue weighted by atomic mass is 16.5. The number of aliphatic hydroxyl groups excluding tert-OH is 1. The molecule has 3 heterocycles. The molecule has 3 rings (SSSR count). The van der Waals surface area contributed by atoms with Crippen molar-refractivity contribution in [1.82, 2.24) is 9.97 Å². The van der Waals surface area contributed by atoms with Gasteiger partial charge in [0.2, 0.25) is 5.95 Å². The van der Waals surface area contributed by atoms with Crippen molar-refractivity contribution in [3.05, 3.63) is 17.5 Å². The Hall–Kier alpha value is -1.20. The van der Waals surface area contributed by atoms with E-state index in [0.29, 0.717) is 0 Å². The third kappa shape index (κ3) is 2.77. The maximum atomic E-state index is 10.3. The van der Waals surface area contributed by atoms with E-state index in [2.05, 4.69) is 28.7 Å². The Bertz CT molecular complexity index is 498. The van der Waals surface area contributed by atoms with E-state index in [1.165, 1.54) is 0 Å². The molecule has 0 amide bonds. The number of aromatic nitrogens is 2. The summed E-state index contributed by atoms with van der Waals surface area (Å²) in [4.78, 5) is 11.4. The predicted octanol–water partition coefficient (Wildman–Crippen LogP) is 1.86. The monoisotopic (exact) mass is 291 g/mol. The Balaban J connectivity index is 1.71. The van der Waals surface area contributed by atoms with Crippen LogP contribution in [-0.4, -0.2) is 46.5 Å². The molecule has 1 spiro atoms. The van der Waals surface area contributed by atoms with Gasteiger partial charge in [0.15, 0.2) is 0 Å². The lowest BCUT2D eigenvalue weighted by molar-refractivity contribution is -0.164. The molecule has 2 saturated heterocycles. The van der Waals surface area contributed by atoms with Gasteiger partial charge >= 0.3 is 0 Å². The van der Waals surface area contributed by atoms with Gasteiger partial charge in [0.25, 0.3) is 0 Å². The first-order chi connectivity index (χ1) is 10.1. The molecule has 0 aliphatic carbocycles. The van der Waals surface area contributed by atoms with Gasteiger partial charge in [0.1, 0.15) is 0 Å². The van der Waals surface area contributed by atoms with Crippen molar-refractivity contribution in [3.8, 4) is 0 Å². The van der Waals surface area contributed by atoms with Crippen LogP contribution in [0.3, 0.4) is 0 Å². The van der Waals surface area contributed by atoms with Gasteiger partial charge in [0, 0.05) is 31.6 Å². The van der Waals surface area contributed by atoms with Crippen molar-refractivity contribution >= 4 is 5.95 Å². The van der Waals surface area contributed by atoms with Crippen LogP contribution >= 0.6 is 0 Å². The number of hydrogen-bond donors (Lipinski definition) is 1. The quantitative estimate of drug-likeness (QED) is 0.901. The fourth-order valence-electron chi connectivity index (χ4n) is 3.45. The van der Waals surface area contributed by atoms with Crippen molar-refractivity contribution in [2.75, 3.05) is 24.6 Å². The van der Waals surface area contributed by atoms with E-state index in [-0.39, 0.29) is 11.7 Å². The van der Waals surface area contributed by atoms with Crippen LogP contribution in [0.1, 0.15) is 43.9 Å². The molecule has 2 fully saturated rings. The third-order valence-corrected chi connectivity index (χ3v) is 4.91. The van der Waals surface area contributed by atoms with Gasteiger partial charge in [-0.25, -0.2) is 9.97 Å². The number of piperidine rings is 1. The van der Waals surface area contributed by atoms with Crippen molar-refractivity contribution in [2.45, 2.75) is 57.7 Å². The molecule has 1 N–H and O–H groups in total. The van der Waals surface area contributed by atoms with Crippen LogP contribution in [0, 0.1) is 6.92 Å². The van der Waals surface area contributed by atoms with Gasteiger partial charge in [-0.2, -0.15) is 0 Å². The first kappa shape index (κ1) is 14.7. The zero-order valence-corrected chi connectivity index (χ0v) is 13.0. The summed E-state index contributed by atoms with van der Waals surface area (Å²) in [7, 11) is 0. The highest BCUT2D eigenvalue weighted by Gasteiger charge is 2.44. The number of hydrogen-bond acceptors (Lipinski definition) is 5.